The highest BCUT2D eigenvalue weighted by Crippen LogP contribution is 2.22. The van der Waals surface area contributed by atoms with Gasteiger partial charge >= 0.3 is 0 Å². The summed E-state index contributed by atoms with van der Waals surface area (Å²) >= 11 is 0. The third-order valence-corrected chi connectivity index (χ3v) is 2.97. The molecular weight excluding hydrogens is 215 g/mol. The molecule has 1 aromatic heterocycles. The number of aryl methyl sites for hydroxylation is 2. The normalized spacial score (nSPS) is 12.5. The lowest BCUT2D eigenvalue weighted by molar-refractivity contribution is 0.586. The van der Waals surface area contributed by atoms with E-state index in [4.69, 9.17) is 5.73 Å². The van der Waals surface area contributed by atoms with Crippen molar-refractivity contribution >= 4 is 0 Å². The zero-order chi connectivity index (χ0) is 12.4. The topological polar surface area (TPSA) is 38.9 Å². The van der Waals surface area contributed by atoms with E-state index >= 15 is 0 Å². The van der Waals surface area contributed by atoms with Crippen LogP contribution in [0.15, 0.2) is 36.5 Å². The van der Waals surface area contributed by atoms with Crippen LogP contribution >= 0.6 is 0 Å². The molecule has 1 aromatic carbocycles. The van der Waals surface area contributed by atoms with Gasteiger partial charge in [0, 0.05) is 6.20 Å². The molecule has 0 bridgehead atoms. The van der Waals surface area contributed by atoms with Crippen molar-refractivity contribution in [2.45, 2.75) is 19.9 Å². The maximum Gasteiger partial charge on any atom is 0.146 e. The fourth-order valence-corrected chi connectivity index (χ4v) is 1.74. The van der Waals surface area contributed by atoms with Crippen LogP contribution in [0.25, 0.3) is 0 Å². The number of benzene rings is 1. The molecule has 1 atom stereocenters. The second kappa shape index (κ2) is 4.63. The molecule has 0 aliphatic rings. The van der Waals surface area contributed by atoms with Gasteiger partial charge in [0.05, 0.1) is 11.7 Å². The predicted molar refractivity (Wildman–Crippen MR) is 66.1 cm³/mol. The Hall–Kier alpha value is -1.74. The first-order chi connectivity index (χ1) is 8.09. The van der Waals surface area contributed by atoms with Gasteiger partial charge in [-0.05, 0) is 42.7 Å². The van der Waals surface area contributed by atoms with Crippen LogP contribution in [0.3, 0.4) is 0 Å². The molecule has 1 unspecified atom stereocenters. The maximum absolute atomic E-state index is 13.6. The Balaban J connectivity index is 2.40. The van der Waals surface area contributed by atoms with Crippen molar-refractivity contribution in [1.82, 2.24) is 4.98 Å². The smallest absolute Gasteiger partial charge is 0.146 e. The van der Waals surface area contributed by atoms with E-state index in [1.165, 1.54) is 11.6 Å². The molecule has 0 saturated heterocycles. The molecule has 0 fully saturated rings. The van der Waals surface area contributed by atoms with Gasteiger partial charge in [0.1, 0.15) is 5.82 Å². The Kier molecular flexibility index (Phi) is 3.20. The first kappa shape index (κ1) is 11.7. The standard InChI is InChI=1S/C14H15FN2/c1-9-5-6-11(8-10(9)2)13(16)14-12(15)4-3-7-17-14/h3-8,13H,16H2,1-2H3. The van der Waals surface area contributed by atoms with Crippen molar-refractivity contribution in [3.05, 3.63) is 64.7 Å². The molecule has 0 aliphatic heterocycles. The highest BCUT2D eigenvalue weighted by molar-refractivity contribution is 5.35. The molecule has 0 aliphatic carbocycles. The van der Waals surface area contributed by atoms with Crippen molar-refractivity contribution < 1.29 is 4.39 Å². The molecule has 0 saturated carbocycles. The van der Waals surface area contributed by atoms with E-state index in [0.717, 1.165) is 11.1 Å². The minimum absolute atomic E-state index is 0.288. The third-order valence-electron chi connectivity index (χ3n) is 2.97. The predicted octanol–water partition coefficient (Wildman–Crippen LogP) is 2.89. The summed E-state index contributed by atoms with van der Waals surface area (Å²) in [6, 6.07) is 8.31. The fourth-order valence-electron chi connectivity index (χ4n) is 1.74. The highest BCUT2D eigenvalue weighted by atomic mass is 19.1. The minimum atomic E-state index is -0.518. The van der Waals surface area contributed by atoms with Crippen LogP contribution in [0.2, 0.25) is 0 Å². The summed E-state index contributed by atoms with van der Waals surface area (Å²) < 4.78 is 13.6. The third kappa shape index (κ3) is 2.34. The number of halogens is 1. The first-order valence-corrected chi connectivity index (χ1v) is 5.52. The van der Waals surface area contributed by atoms with Crippen LogP contribution < -0.4 is 5.73 Å². The van der Waals surface area contributed by atoms with Crippen molar-refractivity contribution in [3.63, 3.8) is 0 Å². The Labute approximate surface area is 100 Å². The summed E-state index contributed by atoms with van der Waals surface area (Å²) in [6.07, 6.45) is 1.55. The number of aromatic nitrogens is 1. The molecule has 88 valence electrons. The molecule has 2 nitrogen and oxygen atoms in total. The molecule has 0 spiro atoms. The van der Waals surface area contributed by atoms with Crippen molar-refractivity contribution in [2.75, 3.05) is 0 Å². The van der Waals surface area contributed by atoms with Crippen LogP contribution in [0.5, 0.6) is 0 Å². The molecule has 1 heterocycles. The Morgan fingerprint density at radius 2 is 1.94 bits per heavy atom. The zero-order valence-corrected chi connectivity index (χ0v) is 9.94. The van der Waals surface area contributed by atoms with E-state index < -0.39 is 6.04 Å². The van der Waals surface area contributed by atoms with Gasteiger partial charge in [-0.15, -0.1) is 0 Å². The molecule has 17 heavy (non-hydrogen) atoms. The molecule has 2 N–H and O–H groups in total. The highest BCUT2D eigenvalue weighted by Gasteiger charge is 2.14. The number of nitrogens with zero attached hydrogens (tertiary/aromatic N) is 1. The average molecular weight is 230 g/mol. The molecule has 3 heteroatoms. The molecule has 0 amide bonds. The molecule has 2 aromatic rings. The van der Waals surface area contributed by atoms with Crippen LogP contribution in [-0.2, 0) is 0 Å². The number of pyridine rings is 1. The van der Waals surface area contributed by atoms with E-state index in [0.29, 0.717) is 0 Å². The molecule has 0 radical (unpaired) electrons. The Morgan fingerprint density at radius 3 is 2.59 bits per heavy atom. The lowest BCUT2D eigenvalue weighted by Gasteiger charge is -2.13. The monoisotopic (exact) mass is 230 g/mol. The lowest BCUT2D eigenvalue weighted by Crippen LogP contribution is -2.15. The summed E-state index contributed by atoms with van der Waals surface area (Å²) in [5, 5.41) is 0. The Bertz CT molecular complexity index is 537. The summed E-state index contributed by atoms with van der Waals surface area (Å²) in [7, 11) is 0. The maximum atomic E-state index is 13.6. The largest absolute Gasteiger partial charge is 0.319 e. The number of rotatable bonds is 2. The van der Waals surface area contributed by atoms with Gasteiger partial charge in [0.2, 0.25) is 0 Å². The van der Waals surface area contributed by atoms with Crippen LogP contribution in [0.4, 0.5) is 4.39 Å². The van der Waals surface area contributed by atoms with E-state index in [1.54, 1.807) is 12.3 Å². The summed E-state index contributed by atoms with van der Waals surface area (Å²) in [4.78, 5) is 4.01. The zero-order valence-electron chi connectivity index (χ0n) is 9.94. The summed E-state index contributed by atoms with van der Waals surface area (Å²) in [6.45, 7) is 4.05. The van der Waals surface area contributed by atoms with E-state index in [9.17, 15) is 4.39 Å². The number of hydrogen-bond donors (Lipinski definition) is 1. The summed E-state index contributed by atoms with van der Waals surface area (Å²) in [5.74, 6) is -0.363. The van der Waals surface area contributed by atoms with E-state index in [1.807, 2.05) is 32.0 Å². The van der Waals surface area contributed by atoms with Crippen molar-refractivity contribution in [2.24, 2.45) is 5.73 Å². The lowest BCUT2D eigenvalue weighted by atomic mass is 9.99. The van der Waals surface area contributed by atoms with Crippen molar-refractivity contribution in [3.8, 4) is 0 Å². The van der Waals surface area contributed by atoms with Gasteiger partial charge in [-0.2, -0.15) is 0 Å². The molecular formula is C14H15FN2. The summed E-state index contributed by atoms with van der Waals surface area (Å²) in [5.41, 5.74) is 9.55. The minimum Gasteiger partial charge on any atom is -0.319 e. The SMILES string of the molecule is Cc1ccc(C(N)c2ncccc2F)cc1C. The van der Waals surface area contributed by atoms with Gasteiger partial charge in [0.25, 0.3) is 0 Å². The number of nitrogens with two attached hydrogens (primary N) is 1. The van der Waals surface area contributed by atoms with Gasteiger partial charge in [-0.25, -0.2) is 4.39 Å². The molecule has 2 rings (SSSR count). The fraction of sp³-hybridized carbons (Fsp3) is 0.214. The second-order valence-corrected chi connectivity index (χ2v) is 4.19. The van der Waals surface area contributed by atoms with Gasteiger partial charge in [0.15, 0.2) is 0 Å². The number of hydrogen-bond acceptors (Lipinski definition) is 2. The van der Waals surface area contributed by atoms with Crippen LogP contribution in [0.1, 0.15) is 28.4 Å². The van der Waals surface area contributed by atoms with Gasteiger partial charge in [-0.1, -0.05) is 18.2 Å². The van der Waals surface area contributed by atoms with E-state index in [2.05, 4.69) is 4.98 Å². The van der Waals surface area contributed by atoms with E-state index in [-0.39, 0.29) is 11.5 Å². The average Bonchev–Trinajstić information content (AvgIpc) is 2.32. The quantitative estimate of drug-likeness (QED) is 0.861. The van der Waals surface area contributed by atoms with Crippen LogP contribution in [-0.4, -0.2) is 4.98 Å². The van der Waals surface area contributed by atoms with Crippen LogP contribution in [0, 0.1) is 19.7 Å². The van der Waals surface area contributed by atoms with Gasteiger partial charge < -0.3 is 5.73 Å². The van der Waals surface area contributed by atoms with Gasteiger partial charge in [-0.3, -0.25) is 4.98 Å². The second-order valence-electron chi connectivity index (χ2n) is 4.19. The van der Waals surface area contributed by atoms with Crippen molar-refractivity contribution in [1.29, 1.82) is 0 Å². The first-order valence-electron chi connectivity index (χ1n) is 5.52. The Morgan fingerprint density at radius 1 is 1.18 bits per heavy atom.